The first-order valence-corrected chi connectivity index (χ1v) is 15.8. The number of likely N-dealkylation sites (N-methyl/N-ethyl adjacent to an activating group) is 1. The first-order valence-electron chi connectivity index (χ1n) is 15.4. The van der Waals surface area contributed by atoms with E-state index < -0.39 is 29.0 Å². The predicted molar refractivity (Wildman–Crippen MR) is 178 cm³/mol. The van der Waals surface area contributed by atoms with Crippen LogP contribution in [0.1, 0.15) is 47.2 Å². The summed E-state index contributed by atoms with van der Waals surface area (Å²) in [6, 6.07) is 2.29. The lowest BCUT2D eigenvalue weighted by Crippen LogP contribution is -2.50. The third-order valence-corrected chi connectivity index (χ3v) is 8.80. The van der Waals surface area contributed by atoms with Crippen molar-refractivity contribution < 1.29 is 27.9 Å². The molecular weight excluding hydrogens is 667 g/mol. The number of aromatic hydroxyl groups is 1. The van der Waals surface area contributed by atoms with Crippen molar-refractivity contribution in [1.82, 2.24) is 29.4 Å². The van der Waals surface area contributed by atoms with Crippen LogP contribution < -0.4 is 20.5 Å². The molecule has 0 radical (unpaired) electrons. The first kappa shape index (κ1) is 35.3. The zero-order valence-corrected chi connectivity index (χ0v) is 28.2. The van der Waals surface area contributed by atoms with Crippen molar-refractivity contribution in [2.75, 3.05) is 49.3 Å². The zero-order chi connectivity index (χ0) is 35.8. The number of piperidine rings is 1. The number of aromatic nitrogens is 5. The van der Waals surface area contributed by atoms with Crippen molar-refractivity contribution in [3.8, 4) is 5.75 Å². The number of carbonyl (C=O) groups excluding carboxylic acids is 2. The maximum atomic E-state index is 14.3. The van der Waals surface area contributed by atoms with Crippen LogP contribution in [-0.2, 0) is 23.9 Å². The summed E-state index contributed by atoms with van der Waals surface area (Å²) in [6.07, 6.45) is -0.392. The second-order valence-electron chi connectivity index (χ2n) is 11.9. The Morgan fingerprint density at radius 2 is 1.90 bits per heavy atom. The lowest BCUT2D eigenvalue weighted by Gasteiger charge is -2.39. The second-order valence-corrected chi connectivity index (χ2v) is 12.3. The molecule has 4 heterocycles. The molecule has 1 unspecified atom stereocenters. The Morgan fingerprint density at radius 1 is 1.16 bits per heavy atom. The van der Waals surface area contributed by atoms with Crippen LogP contribution in [0, 0.1) is 6.92 Å². The Bertz CT molecular complexity index is 1990. The number of carbonyl (C=O) groups is 2. The van der Waals surface area contributed by atoms with Crippen LogP contribution in [0.3, 0.4) is 0 Å². The van der Waals surface area contributed by atoms with Crippen LogP contribution in [-0.4, -0.2) is 86.6 Å². The Kier molecular flexibility index (Phi) is 9.99. The Balaban J connectivity index is 1.53. The molecule has 49 heavy (non-hydrogen) atoms. The molecule has 13 nitrogen and oxygen atoms in total. The normalized spacial score (nSPS) is 15.0. The van der Waals surface area contributed by atoms with Gasteiger partial charge in [0, 0.05) is 46.0 Å². The van der Waals surface area contributed by atoms with Gasteiger partial charge in [0.15, 0.2) is 22.6 Å². The van der Waals surface area contributed by atoms with Gasteiger partial charge in [0.2, 0.25) is 11.3 Å². The van der Waals surface area contributed by atoms with E-state index in [0.29, 0.717) is 37.3 Å². The number of nitrogens with zero attached hydrogens (tertiary/aromatic N) is 8. The lowest BCUT2D eigenvalue weighted by atomic mass is 10.0. The number of pyridine rings is 1. The second kappa shape index (κ2) is 13.9. The molecule has 1 aliphatic heterocycles. The number of aryl methyl sites for hydroxylation is 1. The van der Waals surface area contributed by atoms with Gasteiger partial charge in [-0.15, -0.1) is 0 Å². The molecule has 2 N–H and O–H groups in total. The number of amides is 2. The molecule has 17 heteroatoms. The van der Waals surface area contributed by atoms with Crippen LogP contribution >= 0.6 is 11.6 Å². The average molecular weight is 702 g/mol. The zero-order valence-electron chi connectivity index (χ0n) is 27.5. The Labute approximate surface area is 284 Å². The fourth-order valence-corrected chi connectivity index (χ4v) is 6.09. The topological polar surface area (TPSA) is 150 Å². The van der Waals surface area contributed by atoms with E-state index >= 15 is 0 Å². The number of anilines is 3. The number of likely N-dealkylation sites (tertiary alicyclic amines) is 1. The minimum absolute atomic E-state index is 0.00994. The number of benzene rings is 1. The SMILES string of the molecule is CCc1c(N(C)C2CCCN(C(=O)c3ncnc(C)c3O)C2)c(=O)c2nc(N(C)C)cnc2n1CC(=O)Nc1ccc(C(F)(F)F)cc1Cl. The Hall–Kier alpha value is -4.99. The molecule has 1 atom stereocenters. The van der Waals surface area contributed by atoms with E-state index in [-0.39, 0.29) is 63.8 Å². The van der Waals surface area contributed by atoms with E-state index in [0.717, 1.165) is 18.2 Å². The minimum atomic E-state index is -4.61. The van der Waals surface area contributed by atoms with Gasteiger partial charge in [0.25, 0.3) is 5.91 Å². The van der Waals surface area contributed by atoms with Crippen molar-refractivity contribution in [1.29, 1.82) is 0 Å². The summed E-state index contributed by atoms with van der Waals surface area (Å²) in [5.74, 6) is -0.972. The van der Waals surface area contributed by atoms with Gasteiger partial charge in [0.1, 0.15) is 24.4 Å². The quantitative estimate of drug-likeness (QED) is 0.273. The third-order valence-electron chi connectivity index (χ3n) is 8.48. The standard InChI is InChI=1S/C32H35ClF3N9O4/c1-6-22-27(43(5)19-8-7-11-44(14-19)31(49)26-28(47)17(2)38-16-39-26)29(48)25-30(37-13-23(41-25)42(3)4)45(22)15-24(46)40-21-10-9-18(12-20(21)33)32(34,35)36/h9-10,12-13,16,19,47H,6-8,11,14-15H2,1-5H3,(H,40,46). The molecule has 1 aromatic carbocycles. The van der Waals surface area contributed by atoms with E-state index in [9.17, 15) is 32.7 Å². The molecule has 0 saturated carbocycles. The summed E-state index contributed by atoms with van der Waals surface area (Å²) >= 11 is 6.10. The van der Waals surface area contributed by atoms with Crippen molar-refractivity contribution in [2.24, 2.45) is 0 Å². The summed E-state index contributed by atoms with van der Waals surface area (Å²) in [7, 11) is 5.23. The highest BCUT2D eigenvalue weighted by Crippen LogP contribution is 2.34. The summed E-state index contributed by atoms with van der Waals surface area (Å²) in [5.41, 5.74) is -0.335. The molecule has 0 aliphatic carbocycles. The number of alkyl halides is 3. The molecule has 1 fully saturated rings. The van der Waals surface area contributed by atoms with Gasteiger partial charge in [-0.25, -0.2) is 19.9 Å². The predicted octanol–water partition coefficient (Wildman–Crippen LogP) is 4.28. The highest BCUT2D eigenvalue weighted by atomic mass is 35.5. The van der Waals surface area contributed by atoms with Crippen molar-refractivity contribution in [2.45, 2.75) is 51.9 Å². The maximum absolute atomic E-state index is 14.3. The molecule has 0 spiro atoms. The molecule has 3 aromatic heterocycles. The average Bonchev–Trinajstić information content (AvgIpc) is 3.06. The van der Waals surface area contributed by atoms with Crippen LogP contribution in [0.4, 0.5) is 30.4 Å². The third kappa shape index (κ3) is 7.09. The van der Waals surface area contributed by atoms with Gasteiger partial charge in [-0.05, 0) is 44.4 Å². The number of rotatable bonds is 8. The molecule has 0 bridgehead atoms. The molecule has 260 valence electrons. The number of fused-ring (bicyclic) bond motifs is 1. The van der Waals surface area contributed by atoms with Crippen LogP contribution in [0.15, 0.2) is 35.5 Å². The highest BCUT2D eigenvalue weighted by Gasteiger charge is 2.33. The summed E-state index contributed by atoms with van der Waals surface area (Å²) in [4.78, 5) is 63.2. The van der Waals surface area contributed by atoms with Gasteiger partial charge >= 0.3 is 6.18 Å². The summed E-state index contributed by atoms with van der Waals surface area (Å²) in [5, 5.41) is 12.7. The number of nitrogens with one attached hydrogen (secondary N) is 1. The summed E-state index contributed by atoms with van der Waals surface area (Å²) < 4.78 is 41.1. The molecule has 1 aliphatic rings. The fourth-order valence-electron chi connectivity index (χ4n) is 5.87. The van der Waals surface area contributed by atoms with E-state index in [4.69, 9.17) is 11.6 Å². The van der Waals surface area contributed by atoms with Crippen LogP contribution in [0.25, 0.3) is 11.2 Å². The van der Waals surface area contributed by atoms with Gasteiger partial charge in [-0.3, -0.25) is 14.4 Å². The van der Waals surface area contributed by atoms with E-state index in [2.05, 4.69) is 25.3 Å². The number of hydrogen-bond donors (Lipinski definition) is 2. The van der Waals surface area contributed by atoms with Crippen molar-refractivity contribution >= 4 is 51.8 Å². The van der Waals surface area contributed by atoms with Crippen molar-refractivity contribution in [3.05, 3.63) is 68.6 Å². The molecule has 4 aromatic rings. The van der Waals surface area contributed by atoms with Gasteiger partial charge in [-0.1, -0.05) is 18.5 Å². The number of halogens is 4. The van der Waals surface area contributed by atoms with Gasteiger partial charge < -0.3 is 29.7 Å². The molecule has 2 amide bonds. The Morgan fingerprint density at radius 3 is 2.55 bits per heavy atom. The fraction of sp³-hybridized carbons (Fsp3) is 0.406. The van der Waals surface area contributed by atoms with Crippen LogP contribution in [0.5, 0.6) is 5.75 Å². The summed E-state index contributed by atoms with van der Waals surface area (Å²) in [6.45, 7) is 3.65. The lowest BCUT2D eigenvalue weighted by molar-refractivity contribution is -0.137. The monoisotopic (exact) mass is 701 g/mol. The maximum Gasteiger partial charge on any atom is 0.416 e. The first-order chi connectivity index (χ1) is 23.1. The highest BCUT2D eigenvalue weighted by molar-refractivity contribution is 6.33. The largest absolute Gasteiger partial charge is 0.504 e. The van der Waals surface area contributed by atoms with E-state index in [1.807, 2.05) is 6.92 Å². The number of hydrogen-bond acceptors (Lipinski definition) is 10. The van der Waals surface area contributed by atoms with Crippen molar-refractivity contribution in [3.63, 3.8) is 0 Å². The van der Waals surface area contributed by atoms with Crippen LogP contribution in [0.2, 0.25) is 5.02 Å². The van der Waals surface area contributed by atoms with E-state index in [1.165, 1.54) is 12.5 Å². The van der Waals surface area contributed by atoms with Gasteiger partial charge in [0.05, 0.1) is 28.2 Å². The molecule has 5 rings (SSSR count). The van der Waals surface area contributed by atoms with E-state index in [1.54, 1.807) is 47.3 Å². The molecule has 1 saturated heterocycles. The smallest absolute Gasteiger partial charge is 0.416 e. The van der Waals surface area contributed by atoms with Gasteiger partial charge in [-0.2, -0.15) is 13.2 Å². The molecular formula is C32H35ClF3N9O4. The minimum Gasteiger partial charge on any atom is -0.504 e.